The van der Waals surface area contributed by atoms with E-state index in [1.54, 1.807) is 7.11 Å². The van der Waals surface area contributed by atoms with E-state index in [0.717, 1.165) is 40.2 Å². The summed E-state index contributed by atoms with van der Waals surface area (Å²) < 4.78 is 5.44. The molecular weight excluding hydrogens is 304 g/mol. The predicted molar refractivity (Wildman–Crippen MR) is 97.9 cm³/mol. The second-order valence-corrected chi connectivity index (χ2v) is 8.17. The zero-order chi connectivity index (χ0) is 16.0. The normalized spacial score (nSPS) is 34.3. The van der Waals surface area contributed by atoms with Crippen LogP contribution in [0.5, 0.6) is 5.75 Å². The Morgan fingerprint density at radius 1 is 1.09 bits per heavy atom. The summed E-state index contributed by atoms with van der Waals surface area (Å²) >= 11 is 5.61. The Kier molecular flexibility index (Phi) is 3.96. The number of hydrogen-bond acceptors (Lipinski definition) is 2. The van der Waals surface area contributed by atoms with Gasteiger partial charge < -0.3 is 15.4 Å². The number of ether oxygens (including phenoxy) is 1. The van der Waals surface area contributed by atoms with Crippen LogP contribution in [0.2, 0.25) is 0 Å². The van der Waals surface area contributed by atoms with E-state index in [1.165, 1.54) is 37.7 Å². The maximum Gasteiger partial charge on any atom is 0.171 e. The van der Waals surface area contributed by atoms with Crippen LogP contribution in [0.1, 0.15) is 37.7 Å². The lowest BCUT2D eigenvalue weighted by Gasteiger charge is -2.54. The van der Waals surface area contributed by atoms with Crippen molar-refractivity contribution in [2.24, 2.45) is 23.7 Å². The summed E-state index contributed by atoms with van der Waals surface area (Å²) in [6.07, 6.45) is 7.10. The summed E-state index contributed by atoms with van der Waals surface area (Å²) in [5.41, 5.74) is 2.15. The maximum absolute atomic E-state index is 5.61. The fourth-order valence-corrected chi connectivity index (χ4v) is 5.64. The number of thiocarbonyl (C=S) groups is 1. The summed E-state index contributed by atoms with van der Waals surface area (Å²) in [5.74, 6) is 4.48. The van der Waals surface area contributed by atoms with Gasteiger partial charge in [0.2, 0.25) is 0 Å². The van der Waals surface area contributed by atoms with Gasteiger partial charge >= 0.3 is 0 Å². The summed E-state index contributed by atoms with van der Waals surface area (Å²) in [6.45, 7) is 2.08. The van der Waals surface area contributed by atoms with Crippen LogP contribution >= 0.6 is 12.2 Å². The molecule has 3 nitrogen and oxygen atoms in total. The molecule has 23 heavy (non-hydrogen) atoms. The molecule has 0 amide bonds. The van der Waals surface area contributed by atoms with E-state index in [4.69, 9.17) is 17.0 Å². The first-order valence-corrected chi connectivity index (χ1v) is 9.25. The minimum Gasteiger partial charge on any atom is -0.495 e. The van der Waals surface area contributed by atoms with Crippen molar-refractivity contribution in [3.05, 3.63) is 23.8 Å². The lowest BCUT2D eigenvalue weighted by Crippen LogP contribution is -2.56. The van der Waals surface area contributed by atoms with Crippen molar-refractivity contribution in [1.82, 2.24) is 5.32 Å². The van der Waals surface area contributed by atoms with Crippen LogP contribution in [-0.4, -0.2) is 18.3 Å². The van der Waals surface area contributed by atoms with Crippen molar-refractivity contribution in [2.45, 2.75) is 45.1 Å². The van der Waals surface area contributed by atoms with Gasteiger partial charge in [-0.1, -0.05) is 6.07 Å². The van der Waals surface area contributed by atoms with E-state index in [1.807, 2.05) is 6.07 Å². The van der Waals surface area contributed by atoms with Gasteiger partial charge in [-0.05, 0) is 92.6 Å². The fraction of sp³-hybridized carbons (Fsp3) is 0.632. The molecule has 4 aliphatic carbocycles. The van der Waals surface area contributed by atoms with Gasteiger partial charge in [0.1, 0.15) is 5.75 Å². The molecule has 0 aliphatic heterocycles. The van der Waals surface area contributed by atoms with Gasteiger partial charge in [-0.3, -0.25) is 0 Å². The fourth-order valence-electron chi connectivity index (χ4n) is 5.39. The molecule has 4 heteroatoms. The van der Waals surface area contributed by atoms with Gasteiger partial charge in [0.15, 0.2) is 5.11 Å². The minimum absolute atomic E-state index is 0.568. The molecule has 0 spiro atoms. The number of aryl methyl sites for hydroxylation is 1. The first kappa shape index (κ1) is 15.3. The smallest absolute Gasteiger partial charge is 0.171 e. The van der Waals surface area contributed by atoms with E-state index in [2.05, 4.69) is 29.7 Å². The number of nitrogens with one attached hydrogen (secondary N) is 2. The molecule has 1 aromatic carbocycles. The molecule has 4 bridgehead atoms. The van der Waals surface area contributed by atoms with Crippen LogP contribution in [0.15, 0.2) is 18.2 Å². The molecule has 124 valence electrons. The topological polar surface area (TPSA) is 33.3 Å². The van der Waals surface area contributed by atoms with Crippen LogP contribution in [0.4, 0.5) is 5.69 Å². The Hall–Kier alpha value is -1.29. The highest BCUT2D eigenvalue weighted by Gasteiger charge is 2.48. The zero-order valence-corrected chi connectivity index (χ0v) is 14.8. The lowest BCUT2D eigenvalue weighted by molar-refractivity contribution is -0.00665. The Balaban J connectivity index is 1.44. The SMILES string of the molecule is COc1ccc(C)cc1NC(=S)NC1C2CC3CC(C2)CC1C3. The minimum atomic E-state index is 0.568. The van der Waals surface area contributed by atoms with Crippen molar-refractivity contribution in [3.63, 3.8) is 0 Å². The molecule has 0 saturated heterocycles. The number of anilines is 1. The molecule has 2 N–H and O–H groups in total. The number of rotatable bonds is 3. The van der Waals surface area contributed by atoms with Crippen LogP contribution in [0.3, 0.4) is 0 Å². The van der Waals surface area contributed by atoms with Crippen LogP contribution in [-0.2, 0) is 0 Å². The second kappa shape index (κ2) is 5.97. The molecule has 0 radical (unpaired) electrons. The molecular formula is C19H26N2OS. The first-order chi connectivity index (χ1) is 11.1. The van der Waals surface area contributed by atoms with Crippen molar-refractivity contribution < 1.29 is 4.74 Å². The van der Waals surface area contributed by atoms with Gasteiger partial charge in [0.25, 0.3) is 0 Å². The number of benzene rings is 1. The molecule has 0 aromatic heterocycles. The molecule has 0 atom stereocenters. The van der Waals surface area contributed by atoms with Gasteiger partial charge in [0.05, 0.1) is 12.8 Å². The summed E-state index contributed by atoms with van der Waals surface area (Å²) in [5, 5.41) is 7.74. The highest BCUT2D eigenvalue weighted by Crippen LogP contribution is 2.53. The molecule has 1 aromatic rings. The van der Waals surface area contributed by atoms with E-state index >= 15 is 0 Å². The van der Waals surface area contributed by atoms with E-state index < -0.39 is 0 Å². The molecule has 5 rings (SSSR count). The lowest BCUT2D eigenvalue weighted by atomic mass is 9.54. The van der Waals surface area contributed by atoms with Crippen molar-refractivity contribution >= 4 is 23.0 Å². The third-order valence-electron chi connectivity index (χ3n) is 6.13. The third-order valence-corrected chi connectivity index (χ3v) is 6.35. The van der Waals surface area contributed by atoms with Crippen LogP contribution in [0, 0.1) is 30.6 Å². The first-order valence-electron chi connectivity index (χ1n) is 8.84. The maximum atomic E-state index is 5.61. The van der Waals surface area contributed by atoms with E-state index in [0.29, 0.717) is 6.04 Å². The summed E-state index contributed by atoms with van der Waals surface area (Å²) in [7, 11) is 1.70. The van der Waals surface area contributed by atoms with Crippen molar-refractivity contribution in [3.8, 4) is 5.75 Å². The molecule has 4 aliphatic rings. The van der Waals surface area contributed by atoms with Crippen molar-refractivity contribution in [2.75, 3.05) is 12.4 Å². The Labute approximate surface area is 144 Å². The summed E-state index contributed by atoms with van der Waals surface area (Å²) in [6, 6.07) is 6.70. The monoisotopic (exact) mass is 330 g/mol. The average Bonchev–Trinajstić information content (AvgIpc) is 2.50. The van der Waals surface area contributed by atoms with E-state index in [-0.39, 0.29) is 0 Å². The van der Waals surface area contributed by atoms with Crippen LogP contribution in [0.25, 0.3) is 0 Å². The predicted octanol–water partition coefficient (Wildman–Crippen LogP) is 4.11. The molecule has 0 unspecified atom stereocenters. The Morgan fingerprint density at radius 3 is 2.35 bits per heavy atom. The standard InChI is InChI=1S/C19H26N2OS/c1-11-3-4-17(22-2)16(5-11)20-19(23)21-18-14-7-12-6-13(9-14)10-15(18)8-12/h3-5,12-15,18H,6-10H2,1-2H3,(H2,20,21,23). The van der Waals surface area contributed by atoms with Crippen molar-refractivity contribution in [1.29, 1.82) is 0 Å². The molecule has 4 fully saturated rings. The van der Waals surface area contributed by atoms with Gasteiger partial charge in [0, 0.05) is 6.04 Å². The molecule has 4 saturated carbocycles. The summed E-state index contributed by atoms with van der Waals surface area (Å²) in [4.78, 5) is 0. The third kappa shape index (κ3) is 2.93. The van der Waals surface area contributed by atoms with Gasteiger partial charge in [-0.2, -0.15) is 0 Å². The number of hydrogen-bond donors (Lipinski definition) is 2. The highest BCUT2D eigenvalue weighted by atomic mass is 32.1. The van der Waals surface area contributed by atoms with Gasteiger partial charge in [-0.15, -0.1) is 0 Å². The quantitative estimate of drug-likeness (QED) is 0.817. The van der Waals surface area contributed by atoms with E-state index in [9.17, 15) is 0 Å². The average molecular weight is 330 g/mol. The second-order valence-electron chi connectivity index (χ2n) is 7.76. The Bertz CT molecular complexity index is 587. The highest BCUT2D eigenvalue weighted by molar-refractivity contribution is 7.80. The van der Waals surface area contributed by atoms with Gasteiger partial charge in [-0.25, -0.2) is 0 Å². The Morgan fingerprint density at radius 2 is 1.74 bits per heavy atom. The zero-order valence-electron chi connectivity index (χ0n) is 14.0. The van der Waals surface area contributed by atoms with Crippen LogP contribution < -0.4 is 15.4 Å². The number of methoxy groups -OCH3 is 1. The molecule has 0 heterocycles. The largest absolute Gasteiger partial charge is 0.495 e.